The van der Waals surface area contributed by atoms with Gasteiger partial charge in [0.25, 0.3) is 5.91 Å². The summed E-state index contributed by atoms with van der Waals surface area (Å²) in [5.74, 6) is -2.40. The second-order valence-electron chi connectivity index (χ2n) is 4.23. The van der Waals surface area contributed by atoms with Crippen molar-refractivity contribution in [3.63, 3.8) is 0 Å². The monoisotopic (exact) mass is 316 g/mol. The number of thiol groups is 1. The van der Waals surface area contributed by atoms with Crippen molar-refractivity contribution in [3.8, 4) is 0 Å². The molecule has 2 rings (SSSR count). The lowest BCUT2D eigenvalue weighted by molar-refractivity contribution is -0.147. The van der Waals surface area contributed by atoms with Crippen LogP contribution < -0.4 is 5.32 Å². The minimum atomic E-state index is -4.66. The maximum Gasteiger partial charge on any atom is 0.451 e. The number of benzene rings is 1. The molecule has 112 valence electrons. The fourth-order valence-corrected chi connectivity index (χ4v) is 1.89. The molecule has 0 saturated heterocycles. The van der Waals surface area contributed by atoms with E-state index in [-0.39, 0.29) is 11.8 Å². The number of hydrogen-bond acceptors (Lipinski definition) is 4. The predicted molar refractivity (Wildman–Crippen MR) is 73.1 cm³/mol. The molecule has 21 heavy (non-hydrogen) atoms. The molecule has 1 amide bonds. The third kappa shape index (κ3) is 3.35. The molecule has 0 bridgehead atoms. The molecule has 0 radical (unpaired) electrons. The van der Waals surface area contributed by atoms with Crippen molar-refractivity contribution in [1.82, 2.24) is 14.8 Å². The highest BCUT2D eigenvalue weighted by molar-refractivity contribution is 7.79. The van der Waals surface area contributed by atoms with Crippen LogP contribution in [0.25, 0.3) is 0 Å². The molecule has 1 heterocycles. The van der Waals surface area contributed by atoms with Crippen LogP contribution in [0.5, 0.6) is 0 Å². The molecule has 0 aliphatic heterocycles. The first-order chi connectivity index (χ1) is 9.82. The highest BCUT2D eigenvalue weighted by Gasteiger charge is 2.38. The molecule has 0 aliphatic rings. The minimum absolute atomic E-state index is 0.303. The van der Waals surface area contributed by atoms with Crippen molar-refractivity contribution in [2.24, 2.45) is 0 Å². The molecule has 0 aliphatic carbocycles. The SMILES string of the molecule is Cc1ccc(C(=O)Nc2nnc(C(F)(F)F)n2CS)cc1. The van der Waals surface area contributed by atoms with Crippen LogP contribution in [0, 0.1) is 6.92 Å². The Morgan fingerprint density at radius 3 is 2.43 bits per heavy atom. The van der Waals surface area contributed by atoms with Gasteiger partial charge < -0.3 is 0 Å². The summed E-state index contributed by atoms with van der Waals surface area (Å²) in [6.07, 6.45) is -4.66. The highest BCUT2D eigenvalue weighted by atomic mass is 32.1. The molecule has 0 saturated carbocycles. The fraction of sp³-hybridized carbons (Fsp3) is 0.250. The average molecular weight is 316 g/mol. The summed E-state index contributed by atoms with van der Waals surface area (Å²) in [6.45, 7) is 1.86. The standard InChI is InChI=1S/C12H11F3N4OS/c1-7-2-4-8(5-3-7)9(20)16-11-18-17-10(12(13,14)15)19(11)6-21/h2-5,21H,6H2,1H3,(H,16,18,20). The number of carbonyl (C=O) groups is 1. The van der Waals surface area contributed by atoms with Gasteiger partial charge in [-0.25, -0.2) is 0 Å². The second kappa shape index (κ2) is 5.76. The van der Waals surface area contributed by atoms with Crippen LogP contribution in [0.1, 0.15) is 21.7 Å². The Kier molecular flexibility index (Phi) is 4.21. The molecule has 0 unspecified atom stereocenters. The molecular weight excluding hydrogens is 305 g/mol. The quantitative estimate of drug-likeness (QED) is 0.856. The van der Waals surface area contributed by atoms with Gasteiger partial charge >= 0.3 is 6.18 Å². The lowest BCUT2D eigenvalue weighted by Crippen LogP contribution is -2.18. The number of nitrogens with zero attached hydrogens (tertiary/aromatic N) is 3. The zero-order valence-corrected chi connectivity index (χ0v) is 11.7. The van der Waals surface area contributed by atoms with Gasteiger partial charge in [-0.2, -0.15) is 25.8 Å². The van der Waals surface area contributed by atoms with E-state index in [1.165, 1.54) is 0 Å². The molecule has 0 fully saturated rings. The zero-order valence-electron chi connectivity index (χ0n) is 10.8. The number of aromatic nitrogens is 3. The summed E-state index contributed by atoms with van der Waals surface area (Å²) >= 11 is 3.80. The van der Waals surface area contributed by atoms with Crippen molar-refractivity contribution in [2.75, 3.05) is 5.32 Å². The number of carbonyl (C=O) groups excluding carboxylic acids is 1. The Morgan fingerprint density at radius 1 is 1.29 bits per heavy atom. The third-order valence-electron chi connectivity index (χ3n) is 2.68. The van der Waals surface area contributed by atoms with Crippen molar-refractivity contribution in [3.05, 3.63) is 41.2 Å². The van der Waals surface area contributed by atoms with E-state index in [0.29, 0.717) is 10.1 Å². The highest BCUT2D eigenvalue weighted by Crippen LogP contribution is 2.29. The van der Waals surface area contributed by atoms with E-state index in [9.17, 15) is 18.0 Å². The maximum atomic E-state index is 12.7. The van der Waals surface area contributed by atoms with Crippen LogP contribution in [-0.4, -0.2) is 20.7 Å². The molecule has 2 aromatic rings. The van der Waals surface area contributed by atoms with E-state index in [0.717, 1.165) is 5.56 Å². The maximum absolute atomic E-state index is 12.7. The van der Waals surface area contributed by atoms with Crippen molar-refractivity contribution < 1.29 is 18.0 Å². The van der Waals surface area contributed by atoms with Crippen LogP contribution in [0.15, 0.2) is 24.3 Å². The van der Waals surface area contributed by atoms with Crippen LogP contribution in [0.2, 0.25) is 0 Å². The fourth-order valence-electron chi connectivity index (χ4n) is 1.62. The lowest BCUT2D eigenvalue weighted by Gasteiger charge is -2.09. The molecule has 1 N–H and O–H groups in total. The van der Waals surface area contributed by atoms with Gasteiger partial charge in [0.15, 0.2) is 0 Å². The normalized spacial score (nSPS) is 11.5. The van der Waals surface area contributed by atoms with E-state index in [1.54, 1.807) is 24.3 Å². The Labute approximate surface area is 123 Å². The first-order valence-electron chi connectivity index (χ1n) is 5.82. The number of hydrogen-bond donors (Lipinski definition) is 2. The van der Waals surface area contributed by atoms with Crippen molar-refractivity contribution in [2.45, 2.75) is 19.0 Å². The summed E-state index contributed by atoms with van der Waals surface area (Å²) in [4.78, 5) is 12.0. The summed E-state index contributed by atoms with van der Waals surface area (Å²) in [5, 5.41) is 8.68. The van der Waals surface area contributed by atoms with Gasteiger partial charge in [-0.15, -0.1) is 10.2 Å². The number of amides is 1. The number of rotatable bonds is 3. The van der Waals surface area contributed by atoms with E-state index in [1.807, 2.05) is 6.92 Å². The smallest absolute Gasteiger partial charge is 0.290 e. The Bertz CT molecular complexity index is 652. The summed E-state index contributed by atoms with van der Waals surface area (Å²) in [6, 6.07) is 6.58. The van der Waals surface area contributed by atoms with E-state index >= 15 is 0 Å². The van der Waals surface area contributed by atoms with Gasteiger partial charge in [0.05, 0.1) is 5.88 Å². The predicted octanol–water partition coefficient (Wildman–Crippen LogP) is 2.74. The van der Waals surface area contributed by atoms with Crippen LogP contribution in [-0.2, 0) is 12.1 Å². The van der Waals surface area contributed by atoms with Gasteiger partial charge in [0.2, 0.25) is 11.8 Å². The first-order valence-corrected chi connectivity index (χ1v) is 6.45. The van der Waals surface area contributed by atoms with E-state index < -0.39 is 17.9 Å². The van der Waals surface area contributed by atoms with E-state index in [2.05, 4.69) is 28.1 Å². The average Bonchev–Trinajstić information content (AvgIpc) is 2.82. The number of aryl methyl sites for hydroxylation is 1. The Morgan fingerprint density at radius 2 is 1.90 bits per heavy atom. The van der Waals surface area contributed by atoms with E-state index in [4.69, 9.17) is 0 Å². The lowest BCUT2D eigenvalue weighted by atomic mass is 10.1. The van der Waals surface area contributed by atoms with Crippen LogP contribution in [0.3, 0.4) is 0 Å². The minimum Gasteiger partial charge on any atom is -0.290 e. The van der Waals surface area contributed by atoms with Crippen LogP contribution in [0.4, 0.5) is 19.1 Å². The third-order valence-corrected chi connectivity index (χ3v) is 2.97. The Balaban J connectivity index is 2.26. The molecule has 0 spiro atoms. The number of alkyl halides is 3. The van der Waals surface area contributed by atoms with Gasteiger partial charge in [-0.1, -0.05) is 17.7 Å². The molecule has 1 aromatic heterocycles. The summed E-state index contributed by atoms with van der Waals surface area (Å²) in [7, 11) is 0. The Hall–Kier alpha value is -2.03. The van der Waals surface area contributed by atoms with Crippen molar-refractivity contribution in [1.29, 1.82) is 0 Å². The number of halogens is 3. The summed E-state index contributed by atoms with van der Waals surface area (Å²) < 4.78 is 38.7. The second-order valence-corrected chi connectivity index (χ2v) is 4.52. The molecule has 9 heteroatoms. The number of nitrogens with one attached hydrogen (secondary N) is 1. The van der Waals surface area contributed by atoms with Crippen molar-refractivity contribution >= 4 is 24.5 Å². The zero-order chi connectivity index (χ0) is 15.6. The molecule has 5 nitrogen and oxygen atoms in total. The van der Waals surface area contributed by atoms with Gasteiger partial charge in [-0.3, -0.25) is 14.7 Å². The number of anilines is 1. The van der Waals surface area contributed by atoms with Crippen LogP contribution >= 0.6 is 12.6 Å². The first kappa shape index (κ1) is 15.4. The van der Waals surface area contributed by atoms with Gasteiger partial charge in [0.1, 0.15) is 0 Å². The largest absolute Gasteiger partial charge is 0.451 e. The van der Waals surface area contributed by atoms with Gasteiger partial charge in [0, 0.05) is 5.56 Å². The van der Waals surface area contributed by atoms with Gasteiger partial charge in [-0.05, 0) is 19.1 Å². The molecule has 1 aromatic carbocycles. The topological polar surface area (TPSA) is 59.8 Å². The molecular formula is C12H11F3N4OS. The molecule has 0 atom stereocenters. The summed E-state index contributed by atoms with van der Waals surface area (Å²) in [5.41, 5.74) is 1.27.